The van der Waals surface area contributed by atoms with Crippen LogP contribution in [0.25, 0.3) is 0 Å². The number of hydrogen-bond acceptors (Lipinski definition) is 13. The van der Waals surface area contributed by atoms with Crippen LogP contribution in [0.15, 0.2) is 29.3 Å². The van der Waals surface area contributed by atoms with Crippen LogP contribution in [-0.4, -0.2) is 120 Å². The minimum Gasteiger partial charge on any atom is -0.508 e. The van der Waals surface area contributed by atoms with Gasteiger partial charge in [0.05, 0.1) is 6.04 Å². The maximum absolute atomic E-state index is 13.5. The summed E-state index contributed by atoms with van der Waals surface area (Å²) in [4.78, 5) is 82.1. The molecule has 0 aliphatic rings. The van der Waals surface area contributed by atoms with Crippen molar-refractivity contribution >= 4 is 54.1 Å². The van der Waals surface area contributed by atoms with Gasteiger partial charge in [0, 0.05) is 18.7 Å². The molecule has 0 spiro atoms. The highest BCUT2D eigenvalue weighted by molar-refractivity contribution is 7.80. The number of aromatic hydroxyl groups is 1. The fourth-order valence-electron chi connectivity index (χ4n) is 4.91. The Hall–Kier alpha value is -4.70. The van der Waals surface area contributed by atoms with Gasteiger partial charge in [-0.3, -0.25) is 29.0 Å². The standard InChI is InChI=1S/C32H56N12O8S/c33-12-2-1-4-21(40-26(46)20(36)10-13-34)28(48)44-25(17-53)30(50)42-23(11-14-35)29(49)41-22(5-3-15-39-32(37)38)27(47)43-24(31(51)52)16-18-6-8-19(45)9-7-18/h6-9,20-25,45,53H,1-5,10-17,33-36H2,(H,40,46)(H,41,49)(H,42,50)(H,43,47)(H,44,48)(H,51,52)(H4,37,38,39)/t20-,21-,22-,23-,24-,25-/m0/s1. The Balaban J connectivity index is 3.15. The SMILES string of the molecule is NCCCC[C@H](NC(=O)[C@@H](N)CCN)C(=O)N[C@@H](CS)C(=O)N[C@@H](CCN)C(=O)N[C@@H](CCCN=C(N)N)C(=O)N[C@@H](Cc1ccc(O)cc1)C(=O)O. The first-order valence-electron chi connectivity index (χ1n) is 17.2. The summed E-state index contributed by atoms with van der Waals surface area (Å²) in [7, 11) is 0. The summed E-state index contributed by atoms with van der Waals surface area (Å²) in [6.45, 7) is 0.547. The number of guanidine groups is 1. The van der Waals surface area contributed by atoms with Gasteiger partial charge in [-0.25, -0.2) is 4.79 Å². The number of unbranched alkanes of at least 4 members (excludes halogenated alkanes) is 1. The highest BCUT2D eigenvalue weighted by Crippen LogP contribution is 2.12. The predicted octanol–water partition coefficient (Wildman–Crippen LogP) is -4.42. The second kappa shape index (κ2) is 25.3. The number of phenols is 1. The zero-order chi connectivity index (χ0) is 39.9. The van der Waals surface area contributed by atoms with Gasteiger partial charge in [-0.05, 0) is 82.3 Å². The number of thiol groups is 1. The number of aliphatic carboxylic acids is 1. The average molecular weight is 769 g/mol. The summed E-state index contributed by atoms with van der Waals surface area (Å²) in [6, 6.07) is -1.50. The van der Waals surface area contributed by atoms with Crippen molar-refractivity contribution in [3.63, 3.8) is 0 Å². The minimum atomic E-state index is -1.40. The Morgan fingerprint density at radius 1 is 0.642 bits per heavy atom. The molecule has 0 saturated carbocycles. The fourth-order valence-corrected chi connectivity index (χ4v) is 5.17. The molecule has 1 rings (SSSR count). The molecule has 5 amide bonds. The number of hydrogen-bond donors (Lipinski definition) is 14. The third kappa shape index (κ3) is 18.1. The van der Waals surface area contributed by atoms with E-state index in [1.165, 1.54) is 24.3 Å². The van der Waals surface area contributed by atoms with Crippen LogP contribution >= 0.6 is 12.6 Å². The lowest BCUT2D eigenvalue weighted by molar-refractivity contribution is -0.142. The summed E-state index contributed by atoms with van der Waals surface area (Å²) < 4.78 is 0. The molecule has 53 heavy (non-hydrogen) atoms. The Bertz CT molecular complexity index is 1370. The first-order chi connectivity index (χ1) is 25.2. The van der Waals surface area contributed by atoms with Crippen LogP contribution in [0.5, 0.6) is 5.75 Å². The number of benzene rings is 1. The largest absolute Gasteiger partial charge is 0.508 e. The molecule has 0 saturated heterocycles. The molecule has 1 aromatic carbocycles. The molecule has 0 aromatic heterocycles. The lowest BCUT2D eigenvalue weighted by Crippen LogP contribution is -2.60. The smallest absolute Gasteiger partial charge is 0.326 e. The molecule has 6 atom stereocenters. The van der Waals surface area contributed by atoms with E-state index in [1.807, 2.05) is 0 Å². The van der Waals surface area contributed by atoms with Crippen molar-refractivity contribution in [2.75, 3.05) is 31.9 Å². The summed E-state index contributed by atoms with van der Waals surface area (Å²) in [5.74, 6) is -5.49. The molecule has 21 heteroatoms. The van der Waals surface area contributed by atoms with E-state index in [-0.39, 0.29) is 75.6 Å². The van der Waals surface area contributed by atoms with Gasteiger partial charge >= 0.3 is 5.97 Å². The van der Waals surface area contributed by atoms with Gasteiger partial charge in [0.2, 0.25) is 29.5 Å². The van der Waals surface area contributed by atoms with Crippen LogP contribution in [0.3, 0.4) is 0 Å². The molecule has 20 nitrogen and oxygen atoms in total. The zero-order valence-electron chi connectivity index (χ0n) is 29.7. The third-order valence-electron chi connectivity index (χ3n) is 7.87. The average Bonchev–Trinajstić information content (AvgIpc) is 3.11. The number of carbonyl (C=O) groups excluding carboxylic acids is 5. The number of amides is 5. The highest BCUT2D eigenvalue weighted by Gasteiger charge is 2.32. The number of nitrogens with zero attached hydrogens (tertiary/aromatic N) is 1. The van der Waals surface area contributed by atoms with Crippen molar-refractivity contribution in [3.8, 4) is 5.75 Å². The normalized spacial score (nSPS) is 14.3. The number of nitrogens with two attached hydrogens (primary N) is 6. The van der Waals surface area contributed by atoms with E-state index in [1.54, 1.807) is 0 Å². The first-order valence-corrected chi connectivity index (χ1v) is 17.8. The molecular weight excluding hydrogens is 712 g/mol. The van der Waals surface area contributed by atoms with Crippen molar-refractivity contribution in [2.24, 2.45) is 39.4 Å². The van der Waals surface area contributed by atoms with Gasteiger partial charge in [0.25, 0.3) is 0 Å². The molecule has 0 unspecified atom stereocenters. The summed E-state index contributed by atoms with van der Waals surface area (Å²) >= 11 is 4.19. The molecule has 0 fully saturated rings. The molecule has 1 aromatic rings. The quantitative estimate of drug-likeness (QED) is 0.0183. The predicted molar refractivity (Wildman–Crippen MR) is 201 cm³/mol. The Morgan fingerprint density at radius 2 is 1.11 bits per heavy atom. The van der Waals surface area contributed by atoms with Crippen LogP contribution in [-0.2, 0) is 35.2 Å². The monoisotopic (exact) mass is 768 g/mol. The van der Waals surface area contributed by atoms with Crippen LogP contribution < -0.4 is 61.0 Å². The number of carboxylic acids is 1. The van der Waals surface area contributed by atoms with Crippen molar-refractivity contribution in [1.29, 1.82) is 0 Å². The van der Waals surface area contributed by atoms with E-state index >= 15 is 0 Å². The van der Waals surface area contributed by atoms with Crippen molar-refractivity contribution in [3.05, 3.63) is 29.8 Å². The second-order valence-electron chi connectivity index (χ2n) is 12.2. The van der Waals surface area contributed by atoms with Gasteiger partial charge < -0.3 is 71.2 Å². The van der Waals surface area contributed by atoms with E-state index in [2.05, 4.69) is 44.2 Å². The molecule has 0 bridgehead atoms. The lowest BCUT2D eigenvalue weighted by atomic mass is 10.0. The zero-order valence-corrected chi connectivity index (χ0v) is 30.6. The lowest BCUT2D eigenvalue weighted by Gasteiger charge is -2.26. The number of phenolic OH excluding ortho intramolecular Hbond substituents is 1. The summed E-state index contributed by atoms with van der Waals surface area (Å²) in [5.41, 5.74) is 33.9. The molecule has 298 valence electrons. The van der Waals surface area contributed by atoms with Gasteiger partial charge in [-0.2, -0.15) is 12.6 Å². The van der Waals surface area contributed by atoms with E-state index in [9.17, 15) is 39.0 Å². The van der Waals surface area contributed by atoms with Crippen molar-refractivity contribution in [1.82, 2.24) is 26.6 Å². The summed E-state index contributed by atoms with van der Waals surface area (Å²) in [6.07, 6.45) is 1.42. The Morgan fingerprint density at radius 3 is 1.60 bits per heavy atom. The van der Waals surface area contributed by atoms with Crippen LogP contribution in [0.4, 0.5) is 0 Å². The fraction of sp³-hybridized carbons (Fsp3) is 0.594. The van der Waals surface area contributed by atoms with E-state index < -0.39 is 71.8 Å². The number of nitrogens with one attached hydrogen (secondary N) is 5. The van der Waals surface area contributed by atoms with Crippen LogP contribution in [0, 0.1) is 0 Å². The molecule has 0 aliphatic heterocycles. The number of rotatable bonds is 26. The number of carbonyl (C=O) groups is 6. The van der Waals surface area contributed by atoms with Crippen molar-refractivity contribution < 1.29 is 39.0 Å². The molecule has 0 radical (unpaired) electrons. The van der Waals surface area contributed by atoms with Gasteiger partial charge in [-0.1, -0.05) is 12.1 Å². The second-order valence-corrected chi connectivity index (χ2v) is 12.6. The van der Waals surface area contributed by atoms with Gasteiger partial charge in [-0.15, -0.1) is 0 Å². The number of aliphatic imine (C=N–C) groups is 1. The highest BCUT2D eigenvalue weighted by atomic mass is 32.1. The van der Waals surface area contributed by atoms with Crippen molar-refractivity contribution in [2.45, 2.75) is 87.6 Å². The topological polar surface area (TPSA) is 372 Å². The number of carboxylic acid groups (broad SMARTS) is 1. The van der Waals surface area contributed by atoms with Gasteiger partial charge in [0.1, 0.15) is 36.0 Å². The van der Waals surface area contributed by atoms with E-state index in [4.69, 9.17) is 34.4 Å². The maximum atomic E-state index is 13.5. The Labute approximate surface area is 313 Å². The molecule has 19 N–H and O–H groups in total. The molecule has 0 aliphatic carbocycles. The first kappa shape index (κ1) is 46.3. The summed E-state index contributed by atoms with van der Waals surface area (Å²) in [5, 5.41) is 32.0. The van der Waals surface area contributed by atoms with Crippen LogP contribution in [0.2, 0.25) is 0 Å². The van der Waals surface area contributed by atoms with E-state index in [0.29, 0.717) is 24.9 Å². The van der Waals surface area contributed by atoms with Crippen LogP contribution in [0.1, 0.15) is 50.5 Å². The third-order valence-corrected chi connectivity index (χ3v) is 8.23. The maximum Gasteiger partial charge on any atom is 0.326 e. The molecular formula is C32H56N12O8S. The van der Waals surface area contributed by atoms with Gasteiger partial charge in [0.15, 0.2) is 5.96 Å². The Kier molecular flexibility index (Phi) is 22.1. The van der Waals surface area contributed by atoms with E-state index in [0.717, 1.165) is 0 Å². The minimum absolute atomic E-state index is 0.0225. The molecule has 0 heterocycles.